The minimum absolute atomic E-state index is 0.115. The van der Waals surface area contributed by atoms with Crippen molar-refractivity contribution in [2.45, 2.75) is 6.92 Å². The van der Waals surface area contributed by atoms with E-state index in [2.05, 4.69) is 47.9 Å². The van der Waals surface area contributed by atoms with Crippen LogP contribution in [0.15, 0.2) is 42.5 Å². The van der Waals surface area contributed by atoms with Crippen molar-refractivity contribution in [2.24, 2.45) is 0 Å². The van der Waals surface area contributed by atoms with E-state index in [1.54, 1.807) is 0 Å². The van der Waals surface area contributed by atoms with E-state index in [1.807, 2.05) is 12.1 Å². The van der Waals surface area contributed by atoms with Crippen molar-refractivity contribution in [3.8, 4) is 11.5 Å². The molecule has 0 saturated heterocycles. The molecule has 6 heteroatoms. The molecular weight excluding hydrogens is 368 g/mol. The van der Waals surface area contributed by atoms with Crippen LogP contribution in [0, 0.1) is 6.92 Å². The van der Waals surface area contributed by atoms with E-state index in [1.165, 1.54) is 0 Å². The van der Waals surface area contributed by atoms with Crippen LogP contribution in [0.1, 0.15) is 5.56 Å². The Kier molecular flexibility index (Phi) is 8.07. The van der Waals surface area contributed by atoms with Gasteiger partial charge in [0, 0.05) is 47.7 Å². The second-order valence-electron chi connectivity index (χ2n) is 6.90. The van der Waals surface area contributed by atoms with E-state index in [-0.39, 0.29) is 13.2 Å². The minimum atomic E-state index is 0.115. The number of aryl methyl sites for hydroxylation is 1. The zero-order valence-corrected chi connectivity index (χ0v) is 16.9. The molecule has 156 valence electrons. The fourth-order valence-electron chi connectivity index (χ4n) is 3.38. The molecule has 0 aromatic heterocycles. The van der Waals surface area contributed by atoms with Crippen LogP contribution in [0.25, 0.3) is 21.5 Å². The number of rotatable bonds is 12. The molecule has 6 nitrogen and oxygen atoms in total. The van der Waals surface area contributed by atoms with Gasteiger partial charge in [0.05, 0.1) is 13.2 Å². The van der Waals surface area contributed by atoms with Gasteiger partial charge in [0.25, 0.3) is 0 Å². The predicted molar refractivity (Wildman–Crippen MR) is 117 cm³/mol. The van der Waals surface area contributed by atoms with Crippen LogP contribution in [0.4, 0.5) is 0 Å². The van der Waals surface area contributed by atoms with Gasteiger partial charge in [0.2, 0.25) is 0 Å². The van der Waals surface area contributed by atoms with Crippen LogP contribution in [0.3, 0.4) is 0 Å². The lowest BCUT2D eigenvalue weighted by Crippen LogP contribution is -2.24. The molecule has 0 saturated carbocycles. The maximum Gasteiger partial charge on any atom is 0.135 e. The Morgan fingerprint density at radius 2 is 1.21 bits per heavy atom. The first kappa shape index (κ1) is 21.3. The Bertz CT molecular complexity index is 930. The lowest BCUT2D eigenvalue weighted by atomic mass is 9.99. The van der Waals surface area contributed by atoms with Gasteiger partial charge >= 0.3 is 0 Å². The largest absolute Gasteiger partial charge is 0.491 e. The number of ether oxygens (including phenoxy) is 2. The molecule has 0 heterocycles. The summed E-state index contributed by atoms with van der Waals surface area (Å²) in [5.41, 5.74) is 1.16. The fraction of sp³-hybridized carbons (Fsp3) is 0.391. The van der Waals surface area contributed by atoms with Crippen molar-refractivity contribution in [3.05, 3.63) is 48.0 Å². The molecule has 3 aromatic rings. The molecular formula is C23H30N2O4. The standard InChI is InChI=1S/C23H30N2O4/c1-17-6-7-20-21(16-17)23(29-15-11-25-9-13-27)19-5-3-2-4-18(19)22(20)28-14-10-24-8-12-26/h2-7,16,24-27H,8-15H2,1H3. The molecule has 0 atom stereocenters. The van der Waals surface area contributed by atoms with Crippen LogP contribution >= 0.6 is 0 Å². The van der Waals surface area contributed by atoms with Crippen molar-refractivity contribution in [3.63, 3.8) is 0 Å². The first-order valence-electron chi connectivity index (χ1n) is 10.1. The van der Waals surface area contributed by atoms with E-state index >= 15 is 0 Å². The predicted octanol–water partition coefficient (Wildman–Crippen LogP) is 2.22. The summed E-state index contributed by atoms with van der Waals surface area (Å²) >= 11 is 0. The van der Waals surface area contributed by atoms with Gasteiger partial charge in [0.15, 0.2) is 0 Å². The second-order valence-corrected chi connectivity index (χ2v) is 6.90. The summed E-state index contributed by atoms with van der Waals surface area (Å²) in [6, 6.07) is 14.4. The van der Waals surface area contributed by atoms with Gasteiger partial charge in [-0.15, -0.1) is 0 Å². The van der Waals surface area contributed by atoms with Crippen molar-refractivity contribution in [1.29, 1.82) is 0 Å². The highest BCUT2D eigenvalue weighted by atomic mass is 16.5. The molecule has 0 amide bonds. The number of fused-ring (bicyclic) bond motifs is 2. The molecule has 3 aromatic carbocycles. The Morgan fingerprint density at radius 1 is 0.690 bits per heavy atom. The van der Waals surface area contributed by atoms with E-state index < -0.39 is 0 Å². The van der Waals surface area contributed by atoms with Crippen molar-refractivity contribution in [2.75, 3.05) is 52.6 Å². The van der Waals surface area contributed by atoms with Gasteiger partial charge in [-0.1, -0.05) is 42.0 Å². The number of benzene rings is 3. The summed E-state index contributed by atoms with van der Waals surface area (Å²) in [5.74, 6) is 1.71. The van der Waals surface area contributed by atoms with Crippen LogP contribution in [-0.2, 0) is 0 Å². The molecule has 0 aliphatic rings. The summed E-state index contributed by atoms with van der Waals surface area (Å²) in [4.78, 5) is 0. The second kappa shape index (κ2) is 11.0. The molecule has 0 bridgehead atoms. The molecule has 0 aliphatic carbocycles. The number of aliphatic hydroxyl groups excluding tert-OH is 2. The Labute approximate surface area is 171 Å². The van der Waals surface area contributed by atoms with Gasteiger partial charge in [-0.25, -0.2) is 0 Å². The zero-order valence-electron chi connectivity index (χ0n) is 16.9. The first-order chi connectivity index (χ1) is 14.3. The Balaban J connectivity index is 1.96. The third kappa shape index (κ3) is 5.36. The van der Waals surface area contributed by atoms with Crippen molar-refractivity contribution in [1.82, 2.24) is 10.6 Å². The third-order valence-electron chi connectivity index (χ3n) is 4.71. The smallest absolute Gasteiger partial charge is 0.135 e. The monoisotopic (exact) mass is 398 g/mol. The van der Waals surface area contributed by atoms with Crippen molar-refractivity contribution < 1.29 is 19.7 Å². The van der Waals surface area contributed by atoms with Crippen molar-refractivity contribution >= 4 is 21.5 Å². The maximum atomic E-state index is 8.91. The van der Waals surface area contributed by atoms with E-state index in [9.17, 15) is 0 Å². The molecule has 0 unspecified atom stereocenters. The summed E-state index contributed by atoms with van der Waals surface area (Å²) in [5, 5.41) is 28.2. The van der Waals surface area contributed by atoms with Crippen LogP contribution in [0.2, 0.25) is 0 Å². The van der Waals surface area contributed by atoms with Gasteiger partial charge in [-0.2, -0.15) is 0 Å². The number of hydrogen-bond acceptors (Lipinski definition) is 6. The van der Waals surface area contributed by atoms with Gasteiger partial charge < -0.3 is 30.3 Å². The summed E-state index contributed by atoms with van der Waals surface area (Å²) < 4.78 is 12.4. The molecule has 29 heavy (non-hydrogen) atoms. The van der Waals surface area contributed by atoms with Crippen LogP contribution in [-0.4, -0.2) is 62.8 Å². The lowest BCUT2D eigenvalue weighted by Gasteiger charge is -2.18. The SMILES string of the molecule is Cc1ccc2c(OCCNCCO)c3ccccc3c(OCCNCCO)c2c1. The number of nitrogens with one attached hydrogen (secondary N) is 2. The van der Waals surface area contributed by atoms with Crippen LogP contribution < -0.4 is 20.1 Å². The Morgan fingerprint density at radius 3 is 1.76 bits per heavy atom. The fourth-order valence-corrected chi connectivity index (χ4v) is 3.38. The lowest BCUT2D eigenvalue weighted by molar-refractivity contribution is 0.276. The van der Waals surface area contributed by atoms with E-state index in [0.29, 0.717) is 39.4 Å². The highest BCUT2D eigenvalue weighted by molar-refractivity contribution is 6.11. The topological polar surface area (TPSA) is 83.0 Å². The summed E-state index contributed by atoms with van der Waals surface area (Å²) in [7, 11) is 0. The molecule has 4 N–H and O–H groups in total. The maximum absolute atomic E-state index is 8.91. The molecule has 3 rings (SSSR count). The highest BCUT2D eigenvalue weighted by Crippen LogP contribution is 2.43. The average molecular weight is 399 g/mol. The Hall–Kier alpha value is -2.38. The zero-order chi connectivity index (χ0) is 20.5. The quantitative estimate of drug-likeness (QED) is 0.277. The van der Waals surface area contributed by atoms with Gasteiger partial charge in [-0.05, 0) is 13.0 Å². The van der Waals surface area contributed by atoms with E-state index in [4.69, 9.17) is 19.7 Å². The average Bonchev–Trinajstić information content (AvgIpc) is 2.74. The summed E-state index contributed by atoms with van der Waals surface area (Å²) in [6.45, 7) is 5.77. The molecule has 0 fully saturated rings. The minimum Gasteiger partial charge on any atom is -0.491 e. The molecule has 0 spiro atoms. The highest BCUT2D eigenvalue weighted by Gasteiger charge is 2.16. The van der Waals surface area contributed by atoms with E-state index in [0.717, 1.165) is 38.6 Å². The van der Waals surface area contributed by atoms with Gasteiger partial charge in [-0.3, -0.25) is 0 Å². The van der Waals surface area contributed by atoms with Gasteiger partial charge in [0.1, 0.15) is 24.7 Å². The molecule has 0 aliphatic heterocycles. The van der Waals surface area contributed by atoms with Crippen LogP contribution in [0.5, 0.6) is 11.5 Å². The normalized spacial score (nSPS) is 11.3. The third-order valence-corrected chi connectivity index (χ3v) is 4.71. The number of hydrogen-bond donors (Lipinski definition) is 4. The first-order valence-corrected chi connectivity index (χ1v) is 10.1. The summed E-state index contributed by atoms with van der Waals surface area (Å²) in [6.07, 6.45) is 0. The number of aliphatic hydroxyl groups is 2. The molecule has 0 radical (unpaired) electrons.